The Kier molecular flexibility index (Phi) is 4.15. The van der Waals surface area contributed by atoms with E-state index in [9.17, 15) is 10.1 Å². The molecule has 0 saturated carbocycles. The molecule has 0 unspecified atom stereocenters. The predicted octanol–water partition coefficient (Wildman–Crippen LogP) is 2.27. The number of nitriles is 1. The van der Waals surface area contributed by atoms with E-state index >= 15 is 0 Å². The molecule has 3 heterocycles. The van der Waals surface area contributed by atoms with E-state index < -0.39 is 11.5 Å². The number of rotatable bonds is 2. The van der Waals surface area contributed by atoms with Crippen molar-refractivity contribution in [2.45, 2.75) is 19.8 Å². The number of nitrogens with zero attached hydrogens (tertiary/aromatic N) is 3. The van der Waals surface area contributed by atoms with Crippen LogP contribution in [0.5, 0.6) is 0 Å². The van der Waals surface area contributed by atoms with E-state index in [4.69, 9.17) is 14.6 Å². The predicted molar refractivity (Wildman–Crippen MR) is 115 cm³/mol. The van der Waals surface area contributed by atoms with Crippen molar-refractivity contribution in [3.63, 3.8) is 0 Å². The van der Waals surface area contributed by atoms with Gasteiger partial charge in [-0.25, -0.2) is 9.36 Å². The maximum absolute atomic E-state index is 12.9. The van der Waals surface area contributed by atoms with Crippen molar-refractivity contribution in [1.29, 1.82) is 5.26 Å². The molecule has 0 saturated heterocycles. The number of benzene rings is 2. The van der Waals surface area contributed by atoms with Crippen LogP contribution in [0.25, 0.3) is 17.5 Å². The van der Waals surface area contributed by atoms with Gasteiger partial charge in [-0.15, -0.1) is 0 Å². The Labute approximate surface area is 177 Å². The number of hydrogen-bond donors (Lipinski definition) is 1. The molecule has 2 aromatic carbocycles. The summed E-state index contributed by atoms with van der Waals surface area (Å²) in [5.74, 6) is -0.274. The average Bonchev–Trinajstić information content (AvgIpc) is 3.28. The molecule has 31 heavy (non-hydrogen) atoms. The Hall–Kier alpha value is -4.31. The van der Waals surface area contributed by atoms with Crippen LogP contribution in [-0.4, -0.2) is 9.55 Å². The molecule has 152 valence electrons. The van der Waals surface area contributed by atoms with Gasteiger partial charge in [-0.05, 0) is 42.2 Å². The number of aryl methyl sites for hydroxylation is 2. The Bertz CT molecular complexity index is 1560. The first-order valence-corrected chi connectivity index (χ1v) is 9.75. The van der Waals surface area contributed by atoms with Crippen molar-refractivity contribution in [1.82, 2.24) is 9.55 Å². The number of hydrogen-bond acceptors (Lipinski definition) is 6. The van der Waals surface area contributed by atoms with Crippen molar-refractivity contribution < 1.29 is 8.83 Å². The van der Waals surface area contributed by atoms with Crippen LogP contribution in [0.4, 0.5) is 6.01 Å². The van der Waals surface area contributed by atoms with E-state index in [-0.39, 0.29) is 28.4 Å². The fourth-order valence-electron chi connectivity index (χ4n) is 4.06. The van der Waals surface area contributed by atoms with Crippen molar-refractivity contribution in [2.75, 3.05) is 5.73 Å². The van der Waals surface area contributed by atoms with Crippen molar-refractivity contribution in [2.24, 2.45) is 0 Å². The molecule has 1 aliphatic rings. The third-order valence-corrected chi connectivity index (χ3v) is 5.59. The van der Waals surface area contributed by atoms with Gasteiger partial charge in [-0.3, -0.25) is 0 Å². The number of aromatic nitrogens is 2. The van der Waals surface area contributed by atoms with Crippen LogP contribution in [0.1, 0.15) is 33.9 Å². The van der Waals surface area contributed by atoms with Crippen LogP contribution in [0, 0.1) is 25.2 Å². The summed E-state index contributed by atoms with van der Waals surface area (Å²) < 4.78 is 12.8. The van der Waals surface area contributed by atoms with E-state index in [0.29, 0.717) is 5.69 Å². The summed E-state index contributed by atoms with van der Waals surface area (Å²) in [5, 5.41) is 10.3. The van der Waals surface area contributed by atoms with Crippen molar-refractivity contribution in [3.05, 3.63) is 97.8 Å². The second-order valence-corrected chi connectivity index (χ2v) is 7.47. The molecule has 2 N–H and O–H groups in total. The number of anilines is 1. The summed E-state index contributed by atoms with van der Waals surface area (Å²) in [5.41, 5.74) is 9.90. The monoisotopic (exact) mass is 410 g/mol. The molecular formula is C24H18N4O3. The van der Waals surface area contributed by atoms with E-state index in [1.54, 1.807) is 6.08 Å². The highest BCUT2D eigenvalue weighted by Crippen LogP contribution is 2.38. The van der Waals surface area contributed by atoms with E-state index in [0.717, 1.165) is 22.3 Å². The fraction of sp³-hybridized carbons (Fsp3) is 0.125. The van der Waals surface area contributed by atoms with Gasteiger partial charge in [0.1, 0.15) is 22.7 Å². The molecule has 0 spiro atoms. The molecular weight excluding hydrogens is 392 g/mol. The minimum Gasteiger partial charge on any atom is -0.406 e. The lowest BCUT2D eigenvalue weighted by Gasteiger charge is -2.20. The zero-order chi connectivity index (χ0) is 21.7. The standard InChI is InChI=1S/C24H18N4O3/c1-13-7-3-5-9-15(13)11-18-23(29)30-21-17(12-25)19(16-10-6-4-8-14(16)2)20-22(28(18)21)31-24(26)27-20/h3-11,19H,1-2H3,(H2,26,27)/b18-11+/t19-/m1/s1. The number of nitrogens with two attached hydrogens (primary N) is 1. The van der Waals surface area contributed by atoms with Crippen LogP contribution < -0.4 is 22.3 Å². The lowest BCUT2D eigenvalue weighted by atomic mass is 9.85. The molecule has 1 atom stereocenters. The van der Waals surface area contributed by atoms with Gasteiger partial charge < -0.3 is 14.6 Å². The summed E-state index contributed by atoms with van der Waals surface area (Å²) in [4.78, 5) is 17.3. The zero-order valence-corrected chi connectivity index (χ0v) is 16.9. The Morgan fingerprint density at radius 1 is 1.10 bits per heavy atom. The smallest absolute Gasteiger partial charge is 0.362 e. The molecule has 7 nitrogen and oxygen atoms in total. The van der Waals surface area contributed by atoms with Gasteiger partial charge in [0.15, 0.2) is 0 Å². The first kappa shape index (κ1) is 18.7. The van der Waals surface area contributed by atoms with Gasteiger partial charge in [0, 0.05) is 0 Å². The maximum Gasteiger partial charge on any atom is 0.362 e. The topological polar surface area (TPSA) is 111 Å². The third kappa shape index (κ3) is 2.81. The fourth-order valence-corrected chi connectivity index (χ4v) is 4.06. The Morgan fingerprint density at radius 2 is 1.81 bits per heavy atom. The number of oxazole rings is 2. The number of nitrogen functional groups attached to an aromatic ring is 1. The first-order valence-electron chi connectivity index (χ1n) is 9.75. The van der Waals surface area contributed by atoms with Crippen LogP contribution >= 0.6 is 0 Å². The molecule has 4 aromatic rings. The summed E-state index contributed by atoms with van der Waals surface area (Å²) >= 11 is 0. The lowest BCUT2D eigenvalue weighted by Crippen LogP contribution is -2.35. The van der Waals surface area contributed by atoms with E-state index in [1.165, 1.54) is 4.57 Å². The minimum atomic E-state index is -0.572. The van der Waals surface area contributed by atoms with Crippen molar-refractivity contribution in [3.8, 4) is 12.0 Å². The highest BCUT2D eigenvalue weighted by atomic mass is 16.4. The second-order valence-electron chi connectivity index (χ2n) is 7.47. The SMILES string of the molecule is Cc1ccccc1/C=c1\c(=O)oc2n1-c1oc(N)nc1[C@H](c1ccccc1C)C=2C#N. The quantitative estimate of drug-likeness (QED) is 0.543. The Morgan fingerprint density at radius 3 is 2.52 bits per heavy atom. The minimum absolute atomic E-state index is 0.0447. The molecule has 7 heteroatoms. The third-order valence-electron chi connectivity index (χ3n) is 5.59. The molecule has 1 aliphatic heterocycles. The molecule has 5 rings (SSSR count). The lowest BCUT2D eigenvalue weighted by molar-refractivity contribution is 0.455. The highest BCUT2D eigenvalue weighted by Gasteiger charge is 2.36. The molecule has 0 bridgehead atoms. The highest BCUT2D eigenvalue weighted by molar-refractivity contribution is 5.73. The summed E-state index contributed by atoms with van der Waals surface area (Å²) in [6.45, 7) is 3.90. The van der Waals surface area contributed by atoms with E-state index in [1.807, 2.05) is 62.4 Å². The van der Waals surface area contributed by atoms with Crippen LogP contribution in [0.3, 0.4) is 0 Å². The molecule has 0 fully saturated rings. The maximum atomic E-state index is 12.9. The Balaban J connectivity index is 1.92. The van der Waals surface area contributed by atoms with Crippen LogP contribution in [-0.2, 0) is 0 Å². The molecule has 0 aliphatic carbocycles. The van der Waals surface area contributed by atoms with Crippen LogP contribution in [0.15, 0.2) is 62.2 Å². The first-order chi connectivity index (χ1) is 15.0. The summed E-state index contributed by atoms with van der Waals surface area (Å²) in [7, 11) is 0. The van der Waals surface area contributed by atoms with E-state index in [2.05, 4.69) is 11.1 Å². The normalized spacial score (nSPS) is 15.5. The van der Waals surface area contributed by atoms with Gasteiger partial charge in [0.05, 0.1) is 5.92 Å². The number of fused-ring (bicyclic) bond motifs is 3. The van der Waals surface area contributed by atoms with Gasteiger partial charge in [-0.2, -0.15) is 10.2 Å². The molecule has 2 aromatic heterocycles. The van der Waals surface area contributed by atoms with Crippen molar-refractivity contribution >= 4 is 17.7 Å². The molecule has 0 amide bonds. The largest absolute Gasteiger partial charge is 0.406 e. The van der Waals surface area contributed by atoms with Gasteiger partial charge >= 0.3 is 5.63 Å². The van der Waals surface area contributed by atoms with Gasteiger partial charge in [0.25, 0.3) is 6.01 Å². The zero-order valence-electron chi connectivity index (χ0n) is 16.9. The summed E-state index contributed by atoms with van der Waals surface area (Å²) in [6.07, 6.45) is 1.72. The summed E-state index contributed by atoms with van der Waals surface area (Å²) in [6, 6.07) is 17.5. The molecule has 0 radical (unpaired) electrons. The van der Waals surface area contributed by atoms with Gasteiger partial charge in [-0.1, -0.05) is 48.5 Å². The van der Waals surface area contributed by atoms with Crippen LogP contribution in [0.2, 0.25) is 0 Å². The average molecular weight is 410 g/mol. The van der Waals surface area contributed by atoms with Gasteiger partial charge in [0.2, 0.25) is 11.4 Å². The second kappa shape index (κ2) is 6.89.